The van der Waals surface area contributed by atoms with Gasteiger partial charge in [0, 0.05) is 19.2 Å². The Morgan fingerprint density at radius 2 is 2.15 bits per heavy atom. The average molecular weight is 278 g/mol. The molecule has 0 spiro atoms. The van der Waals surface area contributed by atoms with E-state index in [4.69, 9.17) is 5.11 Å². The van der Waals surface area contributed by atoms with E-state index in [1.807, 2.05) is 0 Å². The van der Waals surface area contributed by atoms with Crippen molar-refractivity contribution in [2.45, 2.75) is 19.3 Å². The number of non-ortho nitro benzene ring substituents is 1. The number of nitrogens with zero attached hydrogens (tertiary/aromatic N) is 3. The second kappa shape index (κ2) is 4.71. The molecule has 1 aliphatic rings. The summed E-state index contributed by atoms with van der Waals surface area (Å²) in [4.78, 5) is 10.4. The van der Waals surface area contributed by atoms with Crippen molar-refractivity contribution in [3.8, 4) is 0 Å². The van der Waals surface area contributed by atoms with Crippen LogP contribution in [0.15, 0.2) is 16.8 Å². The first-order valence-corrected chi connectivity index (χ1v) is 6.40. The van der Waals surface area contributed by atoms with Crippen LogP contribution >= 0.6 is 0 Å². The molecule has 2 N–H and O–H groups in total. The van der Waals surface area contributed by atoms with Crippen LogP contribution in [-0.4, -0.2) is 33.5 Å². The summed E-state index contributed by atoms with van der Waals surface area (Å²) in [7, 11) is 0. The molecular weight excluding hydrogens is 264 g/mol. The maximum atomic E-state index is 10.9. The Labute approximate surface area is 113 Å². The summed E-state index contributed by atoms with van der Waals surface area (Å²) in [6.07, 6.45) is 2.91. The molecule has 1 heterocycles. The van der Waals surface area contributed by atoms with E-state index in [0.717, 1.165) is 19.3 Å². The maximum Gasteiger partial charge on any atom is 0.300 e. The molecule has 20 heavy (non-hydrogen) atoms. The Morgan fingerprint density at radius 1 is 1.40 bits per heavy atom. The fraction of sp³-hybridized carbons (Fsp3) is 0.500. The molecule has 1 aromatic heterocycles. The Hall–Kier alpha value is -2.22. The molecule has 0 amide bonds. The largest absolute Gasteiger partial charge is 0.396 e. The fourth-order valence-corrected chi connectivity index (χ4v) is 2.36. The quantitative estimate of drug-likeness (QED) is 0.610. The van der Waals surface area contributed by atoms with Gasteiger partial charge in [0.15, 0.2) is 5.52 Å². The number of anilines is 1. The monoisotopic (exact) mass is 278 g/mol. The second-order valence-electron chi connectivity index (χ2n) is 5.18. The van der Waals surface area contributed by atoms with Crippen LogP contribution in [0, 0.1) is 15.5 Å². The predicted molar refractivity (Wildman–Crippen MR) is 70.3 cm³/mol. The number of hydrogen-bond donors (Lipinski definition) is 2. The molecule has 0 saturated heterocycles. The number of nitro groups is 1. The van der Waals surface area contributed by atoms with Crippen molar-refractivity contribution < 1.29 is 14.7 Å². The minimum absolute atomic E-state index is 0.122. The maximum absolute atomic E-state index is 10.9. The van der Waals surface area contributed by atoms with Crippen molar-refractivity contribution in [2.24, 2.45) is 5.41 Å². The smallest absolute Gasteiger partial charge is 0.300 e. The summed E-state index contributed by atoms with van der Waals surface area (Å²) in [5.74, 6) is 0. The number of nitro benzene ring substituents is 1. The van der Waals surface area contributed by atoms with Gasteiger partial charge in [0.1, 0.15) is 0 Å². The zero-order chi connectivity index (χ0) is 14.2. The van der Waals surface area contributed by atoms with Crippen LogP contribution in [0.1, 0.15) is 19.3 Å². The predicted octanol–water partition coefficient (Wildman–Crippen LogP) is 1.71. The van der Waals surface area contributed by atoms with E-state index in [0.29, 0.717) is 17.7 Å². The Kier molecular flexibility index (Phi) is 3.01. The van der Waals surface area contributed by atoms with E-state index in [1.165, 1.54) is 6.07 Å². The van der Waals surface area contributed by atoms with E-state index in [1.54, 1.807) is 6.07 Å². The molecule has 1 aromatic carbocycles. The van der Waals surface area contributed by atoms with E-state index in [9.17, 15) is 10.1 Å². The summed E-state index contributed by atoms with van der Waals surface area (Å²) in [5.41, 5.74) is 1.19. The first-order valence-electron chi connectivity index (χ1n) is 6.40. The molecule has 0 radical (unpaired) electrons. The standard InChI is InChI=1S/C12H14N4O4/c17-6-5-12(3-4-12)7-13-8-1-2-9(16(18)19)11-10(8)14-20-15-11/h1-2,13,17H,3-7H2. The number of nitrogens with one attached hydrogen (secondary N) is 1. The van der Waals surface area contributed by atoms with Crippen molar-refractivity contribution >= 4 is 22.4 Å². The Bertz CT molecular complexity index is 650. The minimum Gasteiger partial charge on any atom is -0.396 e. The molecule has 8 heteroatoms. The lowest BCUT2D eigenvalue weighted by atomic mass is 10.0. The molecule has 0 bridgehead atoms. The van der Waals surface area contributed by atoms with Gasteiger partial charge in [0.05, 0.1) is 10.6 Å². The molecule has 3 rings (SSSR count). The zero-order valence-corrected chi connectivity index (χ0v) is 10.7. The lowest BCUT2D eigenvalue weighted by Crippen LogP contribution is -2.17. The first kappa shape index (κ1) is 12.8. The molecule has 8 nitrogen and oxygen atoms in total. The number of hydrogen-bond acceptors (Lipinski definition) is 7. The number of aliphatic hydroxyl groups is 1. The van der Waals surface area contributed by atoms with Crippen LogP contribution in [0.4, 0.5) is 11.4 Å². The van der Waals surface area contributed by atoms with E-state index in [2.05, 4.69) is 20.3 Å². The summed E-state index contributed by atoms with van der Waals surface area (Å²) < 4.78 is 4.61. The van der Waals surface area contributed by atoms with Gasteiger partial charge >= 0.3 is 5.69 Å². The lowest BCUT2D eigenvalue weighted by molar-refractivity contribution is -0.383. The first-order chi connectivity index (χ1) is 9.65. The second-order valence-corrected chi connectivity index (χ2v) is 5.18. The molecule has 0 aliphatic heterocycles. The average Bonchev–Trinajstić information content (AvgIpc) is 3.00. The lowest BCUT2D eigenvalue weighted by Gasteiger charge is -2.15. The molecule has 0 unspecified atom stereocenters. The van der Waals surface area contributed by atoms with Crippen LogP contribution in [0.5, 0.6) is 0 Å². The number of aliphatic hydroxyl groups excluding tert-OH is 1. The topological polar surface area (TPSA) is 114 Å². The molecule has 0 atom stereocenters. The zero-order valence-electron chi connectivity index (χ0n) is 10.7. The van der Waals surface area contributed by atoms with Crippen LogP contribution in [0.2, 0.25) is 0 Å². The SMILES string of the molecule is O=[N+]([O-])c1ccc(NCC2(CCO)CC2)c2nonc12. The molecule has 1 aliphatic carbocycles. The summed E-state index contributed by atoms with van der Waals surface area (Å²) >= 11 is 0. The van der Waals surface area contributed by atoms with Gasteiger partial charge in [-0.25, -0.2) is 4.63 Å². The highest BCUT2D eigenvalue weighted by Gasteiger charge is 2.41. The highest BCUT2D eigenvalue weighted by atomic mass is 16.6. The number of benzene rings is 1. The van der Waals surface area contributed by atoms with Crippen LogP contribution < -0.4 is 5.32 Å². The summed E-state index contributed by atoms with van der Waals surface area (Å²) in [5, 5.41) is 30.5. The van der Waals surface area contributed by atoms with Gasteiger partial charge in [-0.3, -0.25) is 10.1 Å². The van der Waals surface area contributed by atoms with E-state index >= 15 is 0 Å². The van der Waals surface area contributed by atoms with Crippen LogP contribution in [-0.2, 0) is 0 Å². The number of fused-ring (bicyclic) bond motifs is 1. The van der Waals surface area contributed by atoms with Crippen molar-refractivity contribution in [1.82, 2.24) is 10.3 Å². The molecule has 2 aromatic rings. The highest BCUT2D eigenvalue weighted by Crippen LogP contribution is 2.48. The van der Waals surface area contributed by atoms with Gasteiger partial charge in [-0.2, -0.15) is 0 Å². The highest BCUT2D eigenvalue weighted by molar-refractivity contribution is 5.93. The molecule has 106 valence electrons. The Balaban J connectivity index is 1.84. The van der Waals surface area contributed by atoms with Crippen molar-refractivity contribution in [1.29, 1.82) is 0 Å². The molecule has 1 saturated carbocycles. The van der Waals surface area contributed by atoms with E-state index < -0.39 is 4.92 Å². The summed E-state index contributed by atoms with van der Waals surface area (Å²) in [6, 6.07) is 3.00. The third-order valence-electron chi connectivity index (χ3n) is 3.84. The number of aromatic nitrogens is 2. The Morgan fingerprint density at radius 3 is 2.80 bits per heavy atom. The van der Waals surface area contributed by atoms with Gasteiger partial charge in [-0.1, -0.05) is 0 Å². The fourth-order valence-electron chi connectivity index (χ4n) is 2.36. The van der Waals surface area contributed by atoms with Gasteiger partial charge in [0.2, 0.25) is 5.52 Å². The molecular formula is C12H14N4O4. The van der Waals surface area contributed by atoms with Gasteiger partial charge in [-0.15, -0.1) is 0 Å². The van der Waals surface area contributed by atoms with Crippen molar-refractivity contribution in [3.63, 3.8) is 0 Å². The van der Waals surface area contributed by atoms with Crippen molar-refractivity contribution in [2.75, 3.05) is 18.5 Å². The van der Waals surface area contributed by atoms with Gasteiger partial charge < -0.3 is 10.4 Å². The van der Waals surface area contributed by atoms with Crippen LogP contribution in [0.25, 0.3) is 11.0 Å². The minimum atomic E-state index is -0.509. The van der Waals surface area contributed by atoms with Gasteiger partial charge in [-0.05, 0) is 41.1 Å². The van der Waals surface area contributed by atoms with E-state index in [-0.39, 0.29) is 23.2 Å². The third-order valence-corrected chi connectivity index (χ3v) is 3.84. The molecule has 1 fully saturated rings. The van der Waals surface area contributed by atoms with Crippen LogP contribution in [0.3, 0.4) is 0 Å². The summed E-state index contributed by atoms with van der Waals surface area (Å²) in [6.45, 7) is 0.871. The normalized spacial score (nSPS) is 16.2. The third kappa shape index (κ3) is 2.18. The number of rotatable bonds is 6. The van der Waals surface area contributed by atoms with Crippen molar-refractivity contribution in [3.05, 3.63) is 22.2 Å². The van der Waals surface area contributed by atoms with Gasteiger partial charge in [0.25, 0.3) is 0 Å².